The molecule has 0 aromatic carbocycles. The van der Waals surface area contributed by atoms with Crippen LogP contribution in [0.15, 0.2) is 0 Å². The van der Waals surface area contributed by atoms with Crippen molar-refractivity contribution >= 4 is 26.6 Å². The van der Waals surface area contributed by atoms with Gasteiger partial charge in [-0.3, -0.25) is 0 Å². The van der Waals surface area contributed by atoms with Gasteiger partial charge in [0.25, 0.3) is 0 Å². The van der Waals surface area contributed by atoms with Crippen LogP contribution in [0.1, 0.15) is 79.6 Å². The minimum absolute atomic E-state index is 0.0773. The van der Waals surface area contributed by atoms with Gasteiger partial charge >= 0.3 is 6.09 Å². The zero-order valence-corrected chi connectivity index (χ0v) is 19.7. The second-order valence-corrected chi connectivity index (χ2v) is 12.7. The van der Waals surface area contributed by atoms with Crippen LogP contribution in [0.3, 0.4) is 0 Å². The largest absolute Gasteiger partial charge is 0.444 e. The molecule has 1 rings (SSSR count). The van der Waals surface area contributed by atoms with Crippen molar-refractivity contribution in [3.05, 3.63) is 0 Å². The van der Waals surface area contributed by atoms with E-state index in [4.69, 9.17) is 4.74 Å². The molecular weight excluding hydrogens is 398 g/mol. The Bertz CT molecular complexity index is 580. The average molecular weight is 438 g/mol. The summed E-state index contributed by atoms with van der Waals surface area (Å²) in [5.41, 5.74) is -0.620. The van der Waals surface area contributed by atoms with E-state index in [1.165, 1.54) is 19.3 Å². The maximum absolute atomic E-state index is 12.3. The fourth-order valence-electron chi connectivity index (χ4n) is 3.83. The van der Waals surface area contributed by atoms with Crippen LogP contribution in [0.2, 0.25) is 0 Å². The molecule has 1 aliphatic carbocycles. The molecule has 2 N–H and O–H groups in total. The van der Waals surface area contributed by atoms with Crippen molar-refractivity contribution in [2.75, 3.05) is 5.75 Å². The fourth-order valence-corrected chi connectivity index (χ4v) is 5.47. The number of hydrogen-bond acceptors (Lipinski definition) is 5. The van der Waals surface area contributed by atoms with E-state index < -0.39 is 32.7 Å². The van der Waals surface area contributed by atoms with E-state index in [0.29, 0.717) is 18.8 Å². The lowest BCUT2D eigenvalue weighted by Crippen LogP contribution is -2.47. The molecule has 6 nitrogen and oxygen atoms in total. The first-order chi connectivity index (χ1) is 12.8. The minimum atomic E-state index is -3.44. The molecule has 0 aliphatic heterocycles. The predicted molar refractivity (Wildman–Crippen MR) is 116 cm³/mol. The Morgan fingerprint density at radius 3 is 2.25 bits per heavy atom. The Kier molecular flexibility index (Phi) is 10.1. The summed E-state index contributed by atoms with van der Waals surface area (Å²) in [6.45, 7) is 9.27. The zero-order valence-electron chi connectivity index (χ0n) is 18.0. The van der Waals surface area contributed by atoms with Gasteiger partial charge in [0, 0.05) is 0 Å². The molecule has 0 aromatic heterocycles. The molecule has 3 unspecified atom stereocenters. The van der Waals surface area contributed by atoms with Crippen LogP contribution in [0.25, 0.3) is 0 Å². The molecule has 1 fully saturated rings. The smallest absolute Gasteiger partial charge is 0.407 e. The number of hydrogen-bond donors (Lipinski definition) is 3. The normalized spacial score (nSPS) is 19.9. The summed E-state index contributed by atoms with van der Waals surface area (Å²) in [6, 6.07) is -0.457. The second-order valence-electron chi connectivity index (χ2n) is 9.55. The van der Waals surface area contributed by atoms with Crippen LogP contribution in [-0.2, 0) is 13.6 Å². The molecule has 0 bridgehead atoms. The maximum Gasteiger partial charge on any atom is 0.407 e. The van der Waals surface area contributed by atoms with E-state index in [1.807, 2.05) is 13.8 Å². The van der Waals surface area contributed by atoms with Crippen molar-refractivity contribution in [3.63, 3.8) is 0 Å². The van der Waals surface area contributed by atoms with Crippen LogP contribution in [0.5, 0.6) is 0 Å². The Hall–Kier alpha value is -0.470. The Balaban J connectivity index is 2.85. The third-order valence-corrected chi connectivity index (χ3v) is 6.69. The molecule has 8 heteroatoms. The summed E-state index contributed by atoms with van der Waals surface area (Å²) in [5.74, 6) is 0.211. The second kappa shape index (κ2) is 11.1. The number of thiol groups is 1. The first-order valence-electron chi connectivity index (χ1n) is 10.4. The van der Waals surface area contributed by atoms with Crippen LogP contribution < -0.4 is 5.32 Å². The molecule has 166 valence electrons. The van der Waals surface area contributed by atoms with Crippen LogP contribution in [-0.4, -0.2) is 43.1 Å². The lowest BCUT2D eigenvalue weighted by Gasteiger charge is -2.33. The van der Waals surface area contributed by atoms with Gasteiger partial charge < -0.3 is 15.2 Å². The van der Waals surface area contributed by atoms with Crippen LogP contribution >= 0.6 is 11.7 Å². The van der Waals surface area contributed by atoms with E-state index in [-0.39, 0.29) is 17.6 Å². The Labute approximate surface area is 175 Å². The predicted octanol–water partition coefficient (Wildman–Crippen LogP) is 4.13. The van der Waals surface area contributed by atoms with E-state index in [1.54, 1.807) is 20.8 Å². The number of alkyl carbamates (subject to hydrolysis) is 1. The first-order valence-corrected chi connectivity index (χ1v) is 13.1. The van der Waals surface area contributed by atoms with E-state index in [9.17, 15) is 18.3 Å². The van der Waals surface area contributed by atoms with Crippen molar-refractivity contribution in [2.45, 2.75) is 97.3 Å². The fraction of sp³-hybridized carbons (Fsp3) is 0.950. The quantitative estimate of drug-likeness (QED) is 0.372. The number of ether oxygens (including phenoxy) is 1. The van der Waals surface area contributed by atoms with E-state index >= 15 is 0 Å². The van der Waals surface area contributed by atoms with Gasteiger partial charge in [-0.25, -0.2) is 13.2 Å². The number of amides is 1. The van der Waals surface area contributed by atoms with E-state index in [2.05, 4.69) is 17.0 Å². The highest BCUT2D eigenvalue weighted by molar-refractivity contribution is 8.63. The topological polar surface area (TPSA) is 92.7 Å². The molecule has 0 aromatic rings. The molecular formula is C20H39NO5S2. The molecule has 0 saturated heterocycles. The molecule has 28 heavy (non-hydrogen) atoms. The van der Waals surface area contributed by atoms with Crippen molar-refractivity contribution in [1.29, 1.82) is 0 Å². The first kappa shape index (κ1) is 25.6. The summed E-state index contributed by atoms with van der Waals surface area (Å²) in [6.07, 6.45) is 5.36. The van der Waals surface area contributed by atoms with E-state index in [0.717, 1.165) is 12.8 Å². The maximum atomic E-state index is 12.3. The number of carbonyl (C=O) groups excluding carboxylic acids is 1. The lowest BCUT2D eigenvalue weighted by molar-refractivity contribution is 0.0346. The SMILES string of the molecule is CC(C)C(CC(O)C(CC1CCCCC1)NC(=O)OC(C)(C)C)CS(=O)(=O)S. The summed E-state index contributed by atoms with van der Waals surface area (Å²) >= 11 is 3.67. The van der Waals surface area contributed by atoms with Crippen LogP contribution in [0.4, 0.5) is 4.79 Å². The molecule has 0 radical (unpaired) electrons. The molecule has 1 amide bonds. The van der Waals surface area contributed by atoms with Gasteiger partial charge in [-0.2, -0.15) is 0 Å². The summed E-state index contributed by atoms with van der Waals surface area (Å²) < 4.78 is 28.7. The molecule has 1 saturated carbocycles. The van der Waals surface area contributed by atoms with Gasteiger partial charge in [0.05, 0.1) is 17.9 Å². The standard InChI is InChI=1S/C20H39NO5S2/c1-14(2)16(13-28(24,25)27)12-18(22)17(11-15-9-7-6-8-10-15)21-19(23)26-20(3,4)5/h14-18,22H,6-13H2,1-5H3,(H,21,23)(H,24,25,27). The molecule has 0 spiro atoms. The van der Waals surface area contributed by atoms with Crippen molar-refractivity contribution in [2.24, 2.45) is 17.8 Å². The van der Waals surface area contributed by atoms with Gasteiger partial charge in [0.15, 0.2) is 8.87 Å². The summed E-state index contributed by atoms with van der Waals surface area (Å²) in [7, 11) is -3.44. The number of nitrogens with one attached hydrogen (secondary N) is 1. The third kappa shape index (κ3) is 10.9. The van der Waals surface area contributed by atoms with Gasteiger partial charge in [-0.05, 0) is 63.0 Å². The minimum Gasteiger partial charge on any atom is -0.444 e. The number of carbonyl (C=O) groups is 1. The van der Waals surface area contributed by atoms with Crippen LogP contribution in [0, 0.1) is 17.8 Å². The van der Waals surface area contributed by atoms with Crippen molar-refractivity contribution in [3.8, 4) is 0 Å². The summed E-state index contributed by atoms with van der Waals surface area (Å²) in [5, 5.41) is 13.8. The molecule has 3 atom stereocenters. The highest BCUT2D eigenvalue weighted by atomic mass is 33.1. The molecule has 1 aliphatic rings. The zero-order chi connectivity index (χ0) is 21.5. The van der Waals surface area contributed by atoms with Gasteiger partial charge in [-0.15, -0.1) is 0 Å². The number of rotatable bonds is 9. The Morgan fingerprint density at radius 2 is 1.79 bits per heavy atom. The summed E-state index contributed by atoms with van der Waals surface area (Å²) in [4.78, 5) is 12.3. The third-order valence-electron chi connectivity index (χ3n) is 5.39. The van der Waals surface area contributed by atoms with Crippen molar-refractivity contribution in [1.82, 2.24) is 5.32 Å². The highest BCUT2D eigenvalue weighted by Crippen LogP contribution is 2.30. The van der Waals surface area contributed by atoms with Gasteiger partial charge in [0.1, 0.15) is 5.60 Å². The molecule has 0 heterocycles. The Morgan fingerprint density at radius 1 is 1.21 bits per heavy atom. The van der Waals surface area contributed by atoms with Gasteiger partial charge in [-0.1, -0.05) is 46.0 Å². The number of aliphatic hydroxyl groups excluding tert-OH is 1. The van der Waals surface area contributed by atoms with Crippen molar-refractivity contribution < 1.29 is 23.1 Å². The average Bonchev–Trinajstić information content (AvgIpc) is 2.51. The highest BCUT2D eigenvalue weighted by Gasteiger charge is 2.31. The lowest BCUT2D eigenvalue weighted by atomic mass is 9.81. The monoisotopic (exact) mass is 437 g/mol. The number of aliphatic hydroxyl groups is 1. The van der Waals surface area contributed by atoms with Gasteiger partial charge in [0.2, 0.25) is 0 Å².